The number of carbonyl (C=O) groups excluding carboxylic acids is 1. The molecule has 0 radical (unpaired) electrons. The summed E-state index contributed by atoms with van der Waals surface area (Å²) in [5, 5.41) is 12.4. The molecule has 0 spiro atoms. The number of aliphatic carboxylic acids is 1. The summed E-state index contributed by atoms with van der Waals surface area (Å²) in [6.45, 7) is 2.28. The SMILES string of the molecule is CS(=O)(=O)c1ccc(CN2CC[C@H](Oc3ccc(C[C@H](NC(=O)c4c(Cl)cccc4Cl)C(=O)O)cc3)C2)cc1. The molecule has 0 saturated carbocycles. The predicted octanol–water partition coefficient (Wildman–Crippen LogP) is 4.48. The van der Waals surface area contributed by atoms with Crippen molar-refractivity contribution in [1.82, 2.24) is 10.2 Å². The molecule has 1 fully saturated rings. The number of nitrogens with zero attached hydrogens (tertiary/aromatic N) is 1. The van der Waals surface area contributed by atoms with Gasteiger partial charge in [-0.3, -0.25) is 9.69 Å². The molecule has 11 heteroatoms. The normalized spacial score (nSPS) is 16.5. The van der Waals surface area contributed by atoms with E-state index in [-0.39, 0.29) is 28.1 Å². The largest absolute Gasteiger partial charge is 0.489 e. The van der Waals surface area contributed by atoms with Gasteiger partial charge in [0.15, 0.2) is 9.84 Å². The van der Waals surface area contributed by atoms with Gasteiger partial charge in [-0.25, -0.2) is 13.2 Å². The van der Waals surface area contributed by atoms with E-state index >= 15 is 0 Å². The van der Waals surface area contributed by atoms with E-state index in [9.17, 15) is 23.1 Å². The van der Waals surface area contributed by atoms with Gasteiger partial charge in [0.25, 0.3) is 5.91 Å². The number of rotatable bonds is 10. The maximum Gasteiger partial charge on any atom is 0.326 e. The van der Waals surface area contributed by atoms with Crippen LogP contribution in [0, 0.1) is 0 Å². The van der Waals surface area contributed by atoms with Crippen molar-refractivity contribution >= 4 is 44.9 Å². The van der Waals surface area contributed by atoms with Crippen LogP contribution in [-0.2, 0) is 27.6 Å². The molecule has 1 heterocycles. The van der Waals surface area contributed by atoms with Crippen LogP contribution in [0.15, 0.2) is 71.6 Å². The molecule has 2 N–H and O–H groups in total. The van der Waals surface area contributed by atoms with Gasteiger partial charge in [0, 0.05) is 32.3 Å². The maximum atomic E-state index is 12.6. The van der Waals surface area contributed by atoms with Crippen molar-refractivity contribution in [3.8, 4) is 5.75 Å². The van der Waals surface area contributed by atoms with Crippen LogP contribution in [0.25, 0.3) is 0 Å². The van der Waals surface area contributed by atoms with Gasteiger partial charge in [0.1, 0.15) is 17.9 Å². The van der Waals surface area contributed by atoms with Crippen LogP contribution in [-0.4, -0.2) is 61.8 Å². The maximum absolute atomic E-state index is 12.6. The lowest BCUT2D eigenvalue weighted by atomic mass is 10.0. The summed E-state index contributed by atoms with van der Waals surface area (Å²) < 4.78 is 29.4. The van der Waals surface area contributed by atoms with Crippen LogP contribution in [0.4, 0.5) is 0 Å². The van der Waals surface area contributed by atoms with Crippen molar-refractivity contribution in [2.45, 2.75) is 36.4 Å². The van der Waals surface area contributed by atoms with E-state index in [1.165, 1.54) is 18.4 Å². The Labute approximate surface area is 237 Å². The minimum atomic E-state index is -3.22. The topological polar surface area (TPSA) is 113 Å². The zero-order valence-corrected chi connectivity index (χ0v) is 23.5. The zero-order chi connectivity index (χ0) is 28.2. The molecule has 0 bridgehead atoms. The van der Waals surface area contributed by atoms with Crippen molar-refractivity contribution in [3.63, 3.8) is 0 Å². The first-order valence-electron chi connectivity index (χ1n) is 12.2. The Hall–Kier alpha value is -3.11. The number of sulfone groups is 1. The van der Waals surface area contributed by atoms with Crippen LogP contribution in [0.2, 0.25) is 10.0 Å². The average Bonchev–Trinajstić information content (AvgIpc) is 3.31. The lowest BCUT2D eigenvalue weighted by molar-refractivity contribution is -0.139. The van der Waals surface area contributed by atoms with Crippen molar-refractivity contribution in [2.24, 2.45) is 0 Å². The molecule has 0 aliphatic carbocycles. The number of benzene rings is 3. The number of nitrogens with one attached hydrogen (secondary N) is 1. The molecule has 8 nitrogen and oxygen atoms in total. The molecule has 1 saturated heterocycles. The number of carbonyl (C=O) groups is 2. The molecule has 3 aromatic rings. The first-order chi connectivity index (χ1) is 18.5. The van der Waals surface area contributed by atoms with Crippen molar-refractivity contribution < 1.29 is 27.9 Å². The van der Waals surface area contributed by atoms with Crippen LogP contribution in [0.1, 0.15) is 27.9 Å². The Kier molecular flexibility index (Phi) is 9.17. The molecule has 0 unspecified atom stereocenters. The summed E-state index contributed by atoms with van der Waals surface area (Å²) in [5.74, 6) is -1.17. The molecule has 4 rings (SSSR count). The molecule has 1 aliphatic rings. The number of ether oxygens (including phenoxy) is 1. The van der Waals surface area contributed by atoms with E-state index in [1.54, 1.807) is 42.5 Å². The third-order valence-electron chi connectivity index (χ3n) is 6.45. The summed E-state index contributed by atoms with van der Waals surface area (Å²) in [7, 11) is -3.22. The monoisotopic (exact) mass is 590 g/mol. The molecule has 0 aromatic heterocycles. The van der Waals surface area contributed by atoms with E-state index in [4.69, 9.17) is 27.9 Å². The first-order valence-corrected chi connectivity index (χ1v) is 14.9. The fourth-order valence-electron chi connectivity index (χ4n) is 4.41. The van der Waals surface area contributed by atoms with Crippen LogP contribution in [0.3, 0.4) is 0 Å². The van der Waals surface area contributed by atoms with E-state index < -0.39 is 27.8 Å². The highest BCUT2D eigenvalue weighted by Gasteiger charge is 2.25. The highest BCUT2D eigenvalue weighted by molar-refractivity contribution is 7.90. The van der Waals surface area contributed by atoms with Crippen LogP contribution >= 0.6 is 23.2 Å². The third kappa shape index (κ3) is 7.73. The van der Waals surface area contributed by atoms with Crippen LogP contribution in [0.5, 0.6) is 5.75 Å². The third-order valence-corrected chi connectivity index (χ3v) is 8.20. The first kappa shape index (κ1) is 28.9. The number of hydrogen-bond donors (Lipinski definition) is 2. The number of hydrogen-bond acceptors (Lipinski definition) is 6. The van der Waals surface area contributed by atoms with Gasteiger partial charge < -0.3 is 15.2 Å². The minimum Gasteiger partial charge on any atom is -0.489 e. The van der Waals surface area contributed by atoms with E-state index in [1.807, 2.05) is 12.1 Å². The molecule has 2 atom stereocenters. The second-order valence-electron chi connectivity index (χ2n) is 9.49. The standard InChI is InChI=1S/C28H28Cl2N2O6S/c1-39(36,37)22-11-7-19(8-12-22)16-32-14-13-21(17-32)38-20-9-5-18(6-10-20)15-25(28(34)35)31-27(33)26-23(29)3-2-4-24(26)30/h2-12,21,25H,13-17H2,1H3,(H,31,33)(H,34,35)/t21-,25-/m0/s1. The Morgan fingerprint density at radius 1 is 1.03 bits per heavy atom. The number of carboxylic acid groups (broad SMARTS) is 1. The second-order valence-corrected chi connectivity index (χ2v) is 12.3. The average molecular weight is 592 g/mol. The van der Waals surface area contributed by atoms with Gasteiger partial charge in [-0.1, -0.05) is 53.5 Å². The zero-order valence-electron chi connectivity index (χ0n) is 21.1. The van der Waals surface area contributed by atoms with Gasteiger partial charge in [-0.05, 0) is 53.9 Å². The molecule has 206 valence electrons. The Morgan fingerprint density at radius 3 is 2.23 bits per heavy atom. The summed E-state index contributed by atoms with van der Waals surface area (Å²) in [6.07, 6.45) is 2.11. The Bertz CT molecular complexity index is 1430. The van der Waals surface area contributed by atoms with Crippen molar-refractivity contribution in [2.75, 3.05) is 19.3 Å². The molecule has 1 amide bonds. The Morgan fingerprint density at radius 2 is 1.64 bits per heavy atom. The number of amides is 1. The van der Waals surface area contributed by atoms with Gasteiger partial charge in [0.05, 0.1) is 20.5 Å². The molecule has 3 aromatic carbocycles. The predicted molar refractivity (Wildman–Crippen MR) is 149 cm³/mol. The summed E-state index contributed by atoms with van der Waals surface area (Å²) in [5.41, 5.74) is 1.78. The van der Waals surface area contributed by atoms with E-state index in [0.29, 0.717) is 22.8 Å². The molecular formula is C28H28Cl2N2O6S. The molecular weight excluding hydrogens is 563 g/mol. The number of likely N-dealkylation sites (tertiary alicyclic amines) is 1. The lowest BCUT2D eigenvalue weighted by Gasteiger charge is -2.18. The lowest BCUT2D eigenvalue weighted by Crippen LogP contribution is -2.42. The highest BCUT2D eigenvalue weighted by Crippen LogP contribution is 2.25. The van der Waals surface area contributed by atoms with E-state index in [0.717, 1.165) is 25.1 Å². The quantitative estimate of drug-likeness (QED) is 0.358. The molecule has 1 aliphatic heterocycles. The van der Waals surface area contributed by atoms with E-state index in [2.05, 4.69) is 10.2 Å². The highest BCUT2D eigenvalue weighted by atomic mass is 35.5. The Balaban J connectivity index is 1.30. The molecule has 39 heavy (non-hydrogen) atoms. The fourth-order valence-corrected chi connectivity index (χ4v) is 5.61. The van der Waals surface area contributed by atoms with Gasteiger partial charge in [-0.2, -0.15) is 0 Å². The summed E-state index contributed by atoms with van der Waals surface area (Å²) in [4.78, 5) is 27.0. The smallest absolute Gasteiger partial charge is 0.326 e. The fraction of sp³-hybridized carbons (Fsp3) is 0.286. The minimum absolute atomic E-state index is 0.00225. The summed E-state index contributed by atoms with van der Waals surface area (Å²) >= 11 is 12.2. The second kappa shape index (κ2) is 12.4. The van der Waals surface area contributed by atoms with Gasteiger partial charge >= 0.3 is 5.97 Å². The van der Waals surface area contributed by atoms with Crippen LogP contribution < -0.4 is 10.1 Å². The van der Waals surface area contributed by atoms with Crippen molar-refractivity contribution in [3.05, 3.63) is 93.5 Å². The number of carboxylic acids is 1. The van der Waals surface area contributed by atoms with Crippen molar-refractivity contribution in [1.29, 1.82) is 0 Å². The summed E-state index contributed by atoms with van der Waals surface area (Å²) in [6, 6.07) is 17.5. The number of halogens is 2. The van der Waals surface area contributed by atoms with Gasteiger partial charge in [-0.15, -0.1) is 0 Å². The van der Waals surface area contributed by atoms with Gasteiger partial charge in [0.2, 0.25) is 0 Å².